The van der Waals surface area contributed by atoms with Gasteiger partial charge in [0.15, 0.2) is 0 Å². The summed E-state index contributed by atoms with van der Waals surface area (Å²) in [5.41, 5.74) is 5.67. The van der Waals surface area contributed by atoms with Gasteiger partial charge >= 0.3 is 6.09 Å². The molecule has 2 bridgehead atoms. The van der Waals surface area contributed by atoms with Gasteiger partial charge in [0.2, 0.25) is 0 Å². The highest BCUT2D eigenvalue weighted by atomic mass is 19.1. The number of fused-ring (bicyclic) bond motifs is 5. The van der Waals surface area contributed by atoms with Crippen molar-refractivity contribution in [1.82, 2.24) is 4.90 Å². The van der Waals surface area contributed by atoms with Gasteiger partial charge in [-0.15, -0.1) is 0 Å². The van der Waals surface area contributed by atoms with Crippen LogP contribution in [-0.4, -0.2) is 42.9 Å². The third-order valence-corrected chi connectivity index (χ3v) is 7.29. The van der Waals surface area contributed by atoms with E-state index in [0.717, 1.165) is 16.7 Å². The van der Waals surface area contributed by atoms with Crippen molar-refractivity contribution >= 4 is 6.09 Å². The number of carbonyl (C=O) groups is 1. The van der Waals surface area contributed by atoms with Crippen molar-refractivity contribution in [2.24, 2.45) is 0 Å². The molecule has 1 saturated heterocycles. The van der Waals surface area contributed by atoms with Crippen LogP contribution in [0, 0.1) is 11.6 Å². The molecule has 0 N–H and O–H groups in total. The number of halogens is 2. The smallest absolute Gasteiger partial charge is 0.410 e. The molecule has 178 valence electrons. The fourth-order valence-corrected chi connectivity index (χ4v) is 5.70. The number of hydrogen-bond acceptors (Lipinski definition) is 3. The molecular weight excluding hydrogens is 448 g/mol. The van der Waals surface area contributed by atoms with Crippen LogP contribution in [0.3, 0.4) is 0 Å². The SMILES string of the molecule is O=C(OCC1c2ccccc2-c2ccccc21)N1C2C=C(Cc3c(F)cccc3F)CC1COC2. The lowest BCUT2D eigenvalue weighted by Gasteiger charge is -2.44. The van der Waals surface area contributed by atoms with Crippen molar-refractivity contribution in [3.8, 4) is 11.1 Å². The van der Waals surface area contributed by atoms with Gasteiger partial charge in [-0.25, -0.2) is 13.6 Å². The molecule has 4 nitrogen and oxygen atoms in total. The summed E-state index contributed by atoms with van der Waals surface area (Å²) in [5.74, 6) is -1.11. The topological polar surface area (TPSA) is 38.8 Å². The van der Waals surface area contributed by atoms with E-state index >= 15 is 0 Å². The Morgan fingerprint density at radius 3 is 2.23 bits per heavy atom. The summed E-state index contributed by atoms with van der Waals surface area (Å²) in [5, 5.41) is 0. The quantitative estimate of drug-likeness (QED) is 0.446. The monoisotopic (exact) mass is 473 g/mol. The van der Waals surface area contributed by atoms with Crippen LogP contribution in [0.1, 0.15) is 29.0 Å². The minimum Gasteiger partial charge on any atom is -0.448 e. The summed E-state index contributed by atoms with van der Waals surface area (Å²) in [6.07, 6.45) is 2.21. The number of nitrogens with zero attached hydrogens (tertiary/aromatic N) is 1. The van der Waals surface area contributed by atoms with Gasteiger partial charge in [0, 0.05) is 11.5 Å². The Labute approximate surface area is 202 Å². The van der Waals surface area contributed by atoms with Gasteiger partial charge in [0.05, 0.1) is 25.3 Å². The van der Waals surface area contributed by atoms with E-state index in [1.54, 1.807) is 4.90 Å². The van der Waals surface area contributed by atoms with Crippen LogP contribution in [-0.2, 0) is 15.9 Å². The Morgan fingerprint density at radius 2 is 1.57 bits per heavy atom. The Balaban J connectivity index is 1.19. The molecule has 35 heavy (non-hydrogen) atoms. The lowest BCUT2D eigenvalue weighted by molar-refractivity contribution is -0.0364. The second kappa shape index (κ2) is 8.93. The molecule has 1 amide bonds. The zero-order valence-electron chi connectivity index (χ0n) is 19.1. The molecule has 3 aliphatic rings. The second-order valence-corrected chi connectivity index (χ2v) is 9.38. The third-order valence-electron chi connectivity index (χ3n) is 7.29. The molecule has 1 aliphatic carbocycles. The van der Waals surface area contributed by atoms with Crippen molar-refractivity contribution in [1.29, 1.82) is 0 Å². The van der Waals surface area contributed by atoms with Crippen LogP contribution in [0.2, 0.25) is 0 Å². The molecule has 1 fully saturated rings. The normalized spacial score (nSPS) is 20.7. The van der Waals surface area contributed by atoms with Gasteiger partial charge in [0.25, 0.3) is 0 Å². The fraction of sp³-hybridized carbons (Fsp3) is 0.276. The van der Waals surface area contributed by atoms with Gasteiger partial charge in [-0.3, -0.25) is 4.90 Å². The van der Waals surface area contributed by atoms with E-state index in [1.807, 2.05) is 30.3 Å². The van der Waals surface area contributed by atoms with Crippen molar-refractivity contribution in [2.75, 3.05) is 19.8 Å². The Hall–Kier alpha value is -3.51. The van der Waals surface area contributed by atoms with Crippen LogP contribution >= 0.6 is 0 Å². The lowest BCUT2D eigenvalue weighted by Crippen LogP contribution is -2.56. The highest BCUT2D eigenvalue weighted by Crippen LogP contribution is 2.44. The predicted octanol–water partition coefficient (Wildman–Crippen LogP) is 5.86. The van der Waals surface area contributed by atoms with E-state index in [0.29, 0.717) is 19.6 Å². The summed E-state index contributed by atoms with van der Waals surface area (Å²) in [7, 11) is 0. The number of ether oxygens (including phenoxy) is 2. The maximum atomic E-state index is 14.2. The lowest BCUT2D eigenvalue weighted by atomic mass is 9.90. The highest BCUT2D eigenvalue weighted by Gasteiger charge is 2.39. The molecule has 3 aromatic rings. The largest absolute Gasteiger partial charge is 0.448 e. The first kappa shape index (κ1) is 22.0. The molecule has 6 heteroatoms. The van der Waals surface area contributed by atoms with Crippen molar-refractivity contribution in [3.63, 3.8) is 0 Å². The van der Waals surface area contributed by atoms with E-state index in [1.165, 1.54) is 29.3 Å². The van der Waals surface area contributed by atoms with Crippen LogP contribution in [0.15, 0.2) is 78.4 Å². The number of hydrogen-bond donors (Lipinski definition) is 0. The molecule has 3 aromatic carbocycles. The van der Waals surface area contributed by atoms with Crippen LogP contribution in [0.5, 0.6) is 0 Å². The predicted molar refractivity (Wildman–Crippen MR) is 128 cm³/mol. The molecule has 2 heterocycles. The first-order valence-corrected chi connectivity index (χ1v) is 11.9. The Morgan fingerprint density at radius 1 is 0.914 bits per heavy atom. The summed E-state index contributed by atoms with van der Waals surface area (Å²) >= 11 is 0. The molecule has 6 rings (SSSR count). The molecule has 2 atom stereocenters. The van der Waals surface area contributed by atoms with E-state index in [4.69, 9.17) is 9.47 Å². The summed E-state index contributed by atoms with van der Waals surface area (Å²) < 4.78 is 39.9. The maximum absolute atomic E-state index is 14.2. The van der Waals surface area contributed by atoms with E-state index in [9.17, 15) is 13.6 Å². The summed E-state index contributed by atoms with van der Waals surface area (Å²) in [4.78, 5) is 15.0. The van der Waals surface area contributed by atoms with Gasteiger partial charge in [-0.2, -0.15) is 0 Å². The Kier molecular flexibility index (Phi) is 5.61. The Bertz CT molecular complexity index is 1260. The zero-order chi connectivity index (χ0) is 23.9. The number of carbonyl (C=O) groups excluding carboxylic acids is 1. The summed E-state index contributed by atoms with van der Waals surface area (Å²) in [6, 6.07) is 19.8. The first-order chi connectivity index (χ1) is 17.1. The summed E-state index contributed by atoms with van der Waals surface area (Å²) in [6.45, 7) is 0.961. The van der Waals surface area contributed by atoms with Crippen molar-refractivity contribution in [2.45, 2.75) is 30.8 Å². The van der Waals surface area contributed by atoms with Crippen LogP contribution in [0.4, 0.5) is 13.6 Å². The zero-order valence-corrected chi connectivity index (χ0v) is 19.1. The third kappa shape index (κ3) is 3.92. The van der Waals surface area contributed by atoms with E-state index in [-0.39, 0.29) is 42.7 Å². The van der Waals surface area contributed by atoms with Crippen LogP contribution < -0.4 is 0 Å². The first-order valence-electron chi connectivity index (χ1n) is 11.9. The molecule has 0 saturated carbocycles. The minimum atomic E-state index is -0.550. The average molecular weight is 474 g/mol. The van der Waals surface area contributed by atoms with Gasteiger partial charge in [-0.1, -0.05) is 66.2 Å². The van der Waals surface area contributed by atoms with Crippen molar-refractivity contribution in [3.05, 3.63) is 107 Å². The van der Waals surface area contributed by atoms with Gasteiger partial charge in [0.1, 0.15) is 18.2 Å². The number of benzene rings is 3. The van der Waals surface area contributed by atoms with Gasteiger partial charge < -0.3 is 9.47 Å². The molecule has 2 unspecified atom stereocenters. The maximum Gasteiger partial charge on any atom is 0.410 e. The average Bonchev–Trinajstić information content (AvgIpc) is 3.18. The highest BCUT2D eigenvalue weighted by molar-refractivity contribution is 5.79. The van der Waals surface area contributed by atoms with Crippen LogP contribution in [0.25, 0.3) is 11.1 Å². The molecule has 0 radical (unpaired) electrons. The molecular formula is C29H25F2NO3. The molecule has 0 spiro atoms. The molecule has 2 aliphatic heterocycles. The minimum absolute atomic E-state index is 0.0117. The molecule has 0 aromatic heterocycles. The second-order valence-electron chi connectivity index (χ2n) is 9.38. The van der Waals surface area contributed by atoms with Crippen molar-refractivity contribution < 1.29 is 23.0 Å². The van der Waals surface area contributed by atoms with Gasteiger partial charge in [-0.05, 0) is 47.2 Å². The number of rotatable bonds is 4. The van der Waals surface area contributed by atoms with E-state index in [2.05, 4.69) is 24.3 Å². The number of morpholine rings is 1. The number of amides is 1. The van der Waals surface area contributed by atoms with E-state index < -0.39 is 11.6 Å². The standard InChI is InChI=1S/C29H25F2NO3/c30-27-10-5-11-28(31)25(27)14-18-12-19-15-34-16-20(13-18)32(19)29(33)35-17-26-23-8-3-1-6-21(23)22-7-2-4-9-24(22)26/h1-12,19-20,26H,13-17H2. The fourth-order valence-electron chi connectivity index (χ4n) is 5.70.